The molecule has 1 atom stereocenters. The van der Waals surface area contributed by atoms with E-state index in [2.05, 4.69) is 53.3 Å². The van der Waals surface area contributed by atoms with Crippen LogP contribution in [0.5, 0.6) is 0 Å². The van der Waals surface area contributed by atoms with Gasteiger partial charge in [0.25, 0.3) is 5.91 Å². The maximum absolute atomic E-state index is 11.9. The van der Waals surface area contributed by atoms with Gasteiger partial charge in [-0.15, -0.1) is 0 Å². The monoisotopic (exact) mass is 276 g/mol. The van der Waals surface area contributed by atoms with Crippen LogP contribution in [0.3, 0.4) is 0 Å². The molecule has 1 aliphatic rings. The Morgan fingerprint density at radius 3 is 2.25 bits per heavy atom. The summed E-state index contributed by atoms with van der Waals surface area (Å²) in [6.45, 7) is 7.75. The molecule has 1 aromatic carbocycles. The van der Waals surface area contributed by atoms with Crippen LogP contribution in [-0.4, -0.2) is 43.0 Å². The Morgan fingerprint density at radius 1 is 1.15 bits per heavy atom. The normalized spacial score (nSPS) is 18.1. The second kappa shape index (κ2) is 6.72. The van der Waals surface area contributed by atoms with Gasteiger partial charge in [-0.2, -0.15) is 0 Å². The summed E-state index contributed by atoms with van der Waals surface area (Å²) in [6.07, 6.45) is 0. The summed E-state index contributed by atoms with van der Waals surface area (Å²) < 4.78 is 0. The lowest BCUT2D eigenvalue weighted by molar-refractivity contribution is -0.128. The van der Waals surface area contributed by atoms with E-state index in [1.54, 1.807) is 0 Å². The zero-order valence-electron chi connectivity index (χ0n) is 12.2. The van der Waals surface area contributed by atoms with Gasteiger partial charge in [-0.25, -0.2) is 5.84 Å². The summed E-state index contributed by atoms with van der Waals surface area (Å²) in [6, 6.07) is 10.3. The first-order chi connectivity index (χ1) is 9.63. The van der Waals surface area contributed by atoms with Gasteiger partial charge < -0.3 is 4.90 Å². The van der Waals surface area contributed by atoms with Crippen molar-refractivity contribution in [2.45, 2.75) is 19.9 Å². The summed E-state index contributed by atoms with van der Waals surface area (Å²) in [7, 11) is 0. The standard InChI is InChI=1S/C15H24N4O/c1-12(2)14(15(20)17-16)19-10-8-18(9-11-19)13-6-4-3-5-7-13/h3-7,12,14H,8-11,16H2,1-2H3,(H,17,20). The predicted octanol–water partition coefficient (Wildman–Crippen LogP) is 0.823. The van der Waals surface area contributed by atoms with E-state index >= 15 is 0 Å². The molecule has 5 heteroatoms. The number of piperazine rings is 1. The van der Waals surface area contributed by atoms with E-state index in [0.29, 0.717) is 0 Å². The van der Waals surface area contributed by atoms with Crippen LogP contribution in [0.15, 0.2) is 30.3 Å². The number of hydrogen-bond acceptors (Lipinski definition) is 4. The van der Waals surface area contributed by atoms with E-state index in [9.17, 15) is 4.79 Å². The number of carbonyl (C=O) groups excluding carboxylic acids is 1. The molecule has 110 valence electrons. The van der Waals surface area contributed by atoms with Gasteiger partial charge in [-0.05, 0) is 18.1 Å². The molecule has 1 fully saturated rings. The fourth-order valence-corrected chi connectivity index (χ4v) is 2.87. The molecule has 1 aromatic rings. The van der Waals surface area contributed by atoms with E-state index in [-0.39, 0.29) is 17.9 Å². The molecule has 0 bridgehead atoms. The number of rotatable bonds is 4. The lowest BCUT2D eigenvalue weighted by Crippen LogP contribution is -2.57. The molecular weight excluding hydrogens is 252 g/mol. The molecule has 1 saturated heterocycles. The molecule has 3 N–H and O–H groups in total. The number of nitrogens with one attached hydrogen (secondary N) is 1. The first-order valence-corrected chi connectivity index (χ1v) is 7.18. The van der Waals surface area contributed by atoms with Crippen LogP contribution in [0, 0.1) is 5.92 Å². The highest BCUT2D eigenvalue weighted by Crippen LogP contribution is 2.19. The first-order valence-electron chi connectivity index (χ1n) is 7.18. The lowest BCUT2D eigenvalue weighted by Gasteiger charge is -2.40. The molecule has 1 amide bonds. The van der Waals surface area contributed by atoms with Crippen molar-refractivity contribution in [1.82, 2.24) is 10.3 Å². The van der Waals surface area contributed by atoms with Gasteiger partial charge in [0, 0.05) is 31.9 Å². The number of amides is 1. The zero-order chi connectivity index (χ0) is 14.5. The second-order valence-electron chi connectivity index (χ2n) is 5.56. The van der Waals surface area contributed by atoms with Gasteiger partial charge in [0.1, 0.15) is 0 Å². The van der Waals surface area contributed by atoms with Gasteiger partial charge in [0.15, 0.2) is 0 Å². The Kier molecular flexibility index (Phi) is 4.98. The van der Waals surface area contributed by atoms with Crippen molar-refractivity contribution in [2.24, 2.45) is 11.8 Å². The number of nitrogens with two attached hydrogens (primary N) is 1. The van der Waals surface area contributed by atoms with Gasteiger partial charge in [0.2, 0.25) is 0 Å². The van der Waals surface area contributed by atoms with Crippen molar-refractivity contribution in [2.75, 3.05) is 31.1 Å². The highest BCUT2D eigenvalue weighted by molar-refractivity contribution is 5.81. The van der Waals surface area contributed by atoms with Gasteiger partial charge in [0.05, 0.1) is 6.04 Å². The molecule has 1 aliphatic heterocycles. The molecule has 1 unspecified atom stereocenters. The Hall–Kier alpha value is -1.59. The van der Waals surface area contributed by atoms with Crippen LogP contribution >= 0.6 is 0 Å². The van der Waals surface area contributed by atoms with Gasteiger partial charge >= 0.3 is 0 Å². The third-order valence-electron chi connectivity index (χ3n) is 3.87. The first kappa shape index (κ1) is 14.8. The number of carbonyl (C=O) groups is 1. The van der Waals surface area contributed by atoms with Crippen LogP contribution in [-0.2, 0) is 4.79 Å². The van der Waals surface area contributed by atoms with Gasteiger partial charge in [-0.3, -0.25) is 15.1 Å². The number of hydrogen-bond donors (Lipinski definition) is 2. The molecule has 0 saturated carbocycles. The Labute approximate surface area is 120 Å². The van der Waals surface area contributed by atoms with Crippen LogP contribution in [0.4, 0.5) is 5.69 Å². The second-order valence-corrected chi connectivity index (χ2v) is 5.56. The number of anilines is 1. The minimum Gasteiger partial charge on any atom is -0.369 e. The highest BCUT2D eigenvalue weighted by atomic mass is 16.2. The lowest BCUT2D eigenvalue weighted by atomic mass is 10.0. The number of nitrogens with zero attached hydrogens (tertiary/aromatic N) is 2. The fourth-order valence-electron chi connectivity index (χ4n) is 2.87. The molecule has 0 radical (unpaired) electrons. The molecule has 2 rings (SSSR count). The van der Waals surface area contributed by atoms with Gasteiger partial charge in [-0.1, -0.05) is 32.0 Å². The fraction of sp³-hybridized carbons (Fsp3) is 0.533. The Balaban J connectivity index is 1.98. The van der Waals surface area contributed by atoms with Crippen molar-refractivity contribution in [3.8, 4) is 0 Å². The smallest absolute Gasteiger partial charge is 0.251 e. The van der Waals surface area contributed by atoms with Crippen molar-refractivity contribution in [3.05, 3.63) is 30.3 Å². The van der Waals surface area contributed by atoms with Crippen molar-refractivity contribution in [3.63, 3.8) is 0 Å². The van der Waals surface area contributed by atoms with E-state index in [1.807, 2.05) is 6.07 Å². The molecule has 20 heavy (non-hydrogen) atoms. The average Bonchev–Trinajstić information content (AvgIpc) is 2.48. The quantitative estimate of drug-likeness (QED) is 0.486. The summed E-state index contributed by atoms with van der Waals surface area (Å²) >= 11 is 0. The maximum Gasteiger partial charge on any atom is 0.251 e. The average molecular weight is 276 g/mol. The van der Waals surface area contributed by atoms with Crippen molar-refractivity contribution < 1.29 is 4.79 Å². The minimum absolute atomic E-state index is 0.0897. The molecular formula is C15H24N4O. The van der Waals surface area contributed by atoms with Crippen LogP contribution in [0.25, 0.3) is 0 Å². The Morgan fingerprint density at radius 2 is 1.75 bits per heavy atom. The summed E-state index contributed by atoms with van der Waals surface area (Å²) in [5.41, 5.74) is 3.54. The third kappa shape index (κ3) is 3.29. The van der Waals surface area contributed by atoms with Crippen LogP contribution < -0.4 is 16.2 Å². The van der Waals surface area contributed by atoms with E-state index < -0.39 is 0 Å². The molecule has 0 aromatic heterocycles. The Bertz CT molecular complexity index is 427. The van der Waals surface area contributed by atoms with Crippen LogP contribution in [0.2, 0.25) is 0 Å². The third-order valence-corrected chi connectivity index (χ3v) is 3.87. The summed E-state index contributed by atoms with van der Waals surface area (Å²) in [4.78, 5) is 16.5. The SMILES string of the molecule is CC(C)C(C(=O)NN)N1CCN(c2ccccc2)CC1. The molecule has 0 aliphatic carbocycles. The largest absolute Gasteiger partial charge is 0.369 e. The maximum atomic E-state index is 11.9. The number of hydrazine groups is 1. The minimum atomic E-state index is -0.141. The molecule has 0 spiro atoms. The zero-order valence-corrected chi connectivity index (χ0v) is 12.2. The van der Waals surface area contributed by atoms with E-state index in [4.69, 9.17) is 5.84 Å². The molecule has 1 heterocycles. The number of para-hydroxylation sites is 1. The topological polar surface area (TPSA) is 61.6 Å². The summed E-state index contributed by atoms with van der Waals surface area (Å²) in [5, 5.41) is 0. The predicted molar refractivity (Wildman–Crippen MR) is 81.2 cm³/mol. The van der Waals surface area contributed by atoms with E-state index in [1.165, 1.54) is 5.69 Å². The summed E-state index contributed by atoms with van der Waals surface area (Å²) in [5.74, 6) is 5.46. The molecule has 5 nitrogen and oxygen atoms in total. The van der Waals surface area contributed by atoms with Crippen LogP contribution in [0.1, 0.15) is 13.8 Å². The van der Waals surface area contributed by atoms with E-state index in [0.717, 1.165) is 26.2 Å². The van der Waals surface area contributed by atoms with Crippen molar-refractivity contribution in [1.29, 1.82) is 0 Å². The van der Waals surface area contributed by atoms with Crippen molar-refractivity contribution >= 4 is 11.6 Å². The highest BCUT2D eigenvalue weighted by Gasteiger charge is 2.30. The number of benzene rings is 1.